The van der Waals surface area contributed by atoms with Crippen molar-refractivity contribution in [2.24, 2.45) is 7.05 Å². The van der Waals surface area contributed by atoms with Gasteiger partial charge in [0.15, 0.2) is 0 Å². The molecule has 1 aliphatic rings. The van der Waals surface area contributed by atoms with Crippen molar-refractivity contribution in [2.45, 2.75) is 25.1 Å². The number of nitrogens with one attached hydrogen (secondary N) is 2. The third kappa shape index (κ3) is 6.41. The number of aromatic nitrogens is 3. The van der Waals surface area contributed by atoms with Crippen LogP contribution in [0.2, 0.25) is 10.0 Å². The molecule has 0 saturated carbocycles. The van der Waals surface area contributed by atoms with Crippen LogP contribution in [0, 0.1) is 5.82 Å². The number of anilines is 1. The molecule has 5 rings (SSSR count). The van der Waals surface area contributed by atoms with E-state index in [1.54, 1.807) is 36.4 Å². The van der Waals surface area contributed by atoms with Gasteiger partial charge in [0.2, 0.25) is 5.88 Å². The highest BCUT2D eigenvalue weighted by Crippen LogP contribution is 2.42. The number of aryl methyl sites for hydroxylation is 1. The molecule has 1 fully saturated rings. The topological polar surface area (TPSA) is 128 Å². The largest absolute Gasteiger partial charge is 0.481 e. The fraction of sp³-hybridized carbons (Fsp3) is 0.267. The van der Waals surface area contributed by atoms with Crippen LogP contribution in [0.5, 0.6) is 5.88 Å². The van der Waals surface area contributed by atoms with Crippen molar-refractivity contribution in [1.82, 2.24) is 20.1 Å². The summed E-state index contributed by atoms with van der Waals surface area (Å²) in [6, 6.07) is 12.4. The predicted octanol–water partition coefficient (Wildman–Crippen LogP) is 4.46. The van der Waals surface area contributed by atoms with Gasteiger partial charge in [-0.1, -0.05) is 53.5 Å². The van der Waals surface area contributed by atoms with Crippen molar-refractivity contribution in [3.8, 4) is 28.3 Å². The maximum atomic E-state index is 15.5. The molecular formula is C30H28Cl2FN5O5. The lowest BCUT2D eigenvalue weighted by Crippen LogP contribution is -2.46. The summed E-state index contributed by atoms with van der Waals surface area (Å²) >= 11 is 13.5. The summed E-state index contributed by atoms with van der Waals surface area (Å²) in [5, 5.41) is 20.2. The van der Waals surface area contributed by atoms with Gasteiger partial charge in [0.05, 0.1) is 35.6 Å². The Morgan fingerprint density at radius 3 is 2.63 bits per heavy atom. The van der Waals surface area contributed by atoms with Gasteiger partial charge in [-0.2, -0.15) is 5.10 Å². The number of pyridine rings is 1. The molecule has 1 unspecified atom stereocenters. The van der Waals surface area contributed by atoms with Gasteiger partial charge in [0, 0.05) is 54.7 Å². The maximum Gasteiger partial charge on any atom is 0.279 e. The summed E-state index contributed by atoms with van der Waals surface area (Å²) < 4.78 is 27.3. The second-order valence-corrected chi connectivity index (χ2v) is 10.6. The van der Waals surface area contributed by atoms with E-state index in [0.717, 1.165) is 4.68 Å². The number of hydrogen-bond acceptors (Lipinski definition) is 8. The van der Waals surface area contributed by atoms with Gasteiger partial charge in [-0.15, -0.1) is 0 Å². The van der Waals surface area contributed by atoms with Gasteiger partial charge in [-0.05, 0) is 24.6 Å². The van der Waals surface area contributed by atoms with Gasteiger partial charge in [-0.3, -0.25) is 9.59 Å². The fourth-order valence-corrected chi connectivity index (χ4v) is 5.42. The average Bonchev–Trinajstić information content (AvgIpc) is 3.00. The Labute approximate surface area is 256 Å². The van der Waals surface area contributed by atoms with Crippen LogP contribution < -0.4 is 20.9 Å². The molecule has 1 aliphatic heterocycles. The lowest BCUT2D eigenvalue weighted by Gasteiger charge is -2.28. The lowest BCUT2D eigenvalue weighted by molar-refractivity contribution is -0.0281. The third-order valence-electron chi connectivity index (χ3n) is 7.13. The molecule has 2 atom stereocenters. The number of benzene rings is 2. The Balaban J connectivity index is 1.45. The van der Waals surface area contributed by atoms with Crippen LogP contribution in [0.4, 0.5) is 10.1 Å². The van der Waals surface area contributed by atoms with Crippen molar-refractivity contribution < 1.29 is 23.8 Å². The number of rotatable bonds is 8. The number of halogens is 3. The van der Waals surface area contributed by atoms with Crippen molar-refractivity contribution in [3.63, 3.8) is 0 Å². The van der Waals surface area contributed by atoms with Crippen molar-refractivity contribution in [1.29, 1.82) is 0 Å². The average molecular weight is 628 g/mol. The highest BCUT2D eigenvalue weighted by Gasteiger charge is 2.25. The third-order valence-corrected chi connectivity index (χ3v) is 7.94. The first kappa shape index (κ1) is 30.6. The van der Waals surface area contributed by atoms with Crippen LogP contribution >= 0.6 is 23.2 Å². The molecule has 0 aliphatic carbocycles. The Morgan fingerprint density at radius 2 is 1.88 bits per heavy atom. The van der Waals surface area contributed by atoms with Crippen molar-refractivity contribution >= 4 is 34.8 Å². The molecule has 43 heavy (non-hydrogen) atoms. The number of methoxy groups -OCH3 is 1. The van der Waals surface area contributed by atoms with Crippen LogP contribution in [0.1, 0.15) is 22.3 Å². The van der Waals surface area contributed by atoms with E-state index in [1.165, 1.54) is 32.5 Å². The standard InChI is InChI=1S/C30H28Cl2FN5O5/c1-38-30(41)20(9-11-35-38)28(40)36-23-8-4-6-18(26(23)32)17-5-3-7-19(25(17)31)27-21(33)13-16(29(37-27)42-2)14-34-22-10-12-43-15-24(22)39/h3-9,11,13,22,24,34,39H,10,12,14-15H2,1-2H3,(H,36,40)/t22?,24-/m0/s1. The number of hydrogen-bond donors (Lipinski definition) is 3. The molecule has 0 bridgehead atoms. The molecule has 2 aromatic carbocycles. The van der Waals surface area contributed by atoms with E-state index in [4.69, 9.17) is 32.7 Å². The number of aliphatic hydroxyl groups excluding tert-OH is 1. The first-order valence-corrected chi connectivity index (χ1v) is 14.1. The number of nitrogens with zero attached hydrogens (tertiary/aromatic N) is 3. The van der Waals surface area contributed by atoms with Crippen LogP contribution in [0.15, 0.2) is 59.5 Å². The zero-order valence-corrected chi connectivity index (χ0v) is 24.7. The quantitative estimate of drug-likeness (QED) is 0.261. The van der Waals surface area contributed by atoms with Crippen LogP contribution in [-0.4, -0.2) is 58.2 Å². The fourth-order valence-electron chi connectivity index (χ4n) is 4.83. The Hall–Kier alpha value is -3.87. The number of amides is 1. The minimum Gasteiger partial charge on any atom is -0.481 e. The SMILES string of the molecule is COc1nc(-c2cccc(-c3cccc(NC(=O)c4ccnn(C)c4=O)c3Cl)c2Cl)c(F)cc1CNC1CCOC[C@@H]1O. The molecule has 4 aromatic rings. The minimum absolute atomic E-state index is 0.0207. The van der Waals surface area contributed by atoms with E-state index >= 15 is 4.39 Å². The molecule has 1 amide bonds. The highest BCUT2D eigenvalue weighted by atomic mass is 35.5. The number of ether oxygens (including phenoxy) is 2. The molecular weight excluding hydrogens is 600 g/mol. The van der Waals surface area contributed by atoms with Gasteiger partial charge < -0.3 is 25.2 Å². The Bertz CT molecular complexity index is 1730. The number of carbonyl (C=O) groups is 1. The summed E-state index contributed by atoms with van der Waals surface area (Å²) in [6.07, 6.45) is 1.30. The highest BCUT2D eigenvalue weighted by molar-refractivity contribution is 6.39. The molecule has 10 nitrogen and oxygen atoms in total. The summed E-state index contributed by atoms with van der Waals surface area (Å²) in [5.74, 6) is -1.06. The van der Waals surface area contributed by atoms with E-state index in [2.05, 4.69) is 20.7 Å². The molecule has 0 radical (unpaired) electrons. The molecule has 0 spiro atoms. The Morgan fingerprint density at radius 1 is 1.16 bits per heavy atom. The summed E-state index contributed by atoms with van der Waals surface area (Å²) in [5.41, 5.74) is 1.30. The second-order valence-electron chi connectivity index (χ2n) is 9.87. The van der Waals surface area contributed by atoms with Gasteiger partial charge in [-0.25, -0.2) is 14.1 Å². The van der Waals surface area contributed by atoms with Crippen molar-refractivity contribution in [2.75, 3.05) is 25.6 Å². The number of aliphatic hydroxyl groups is 1. The smallest absolute Gasteiger partial charge is 0.279 e. The first-order chi connectivity index (χ1) is 20.7. The number of carbonyl (C=O) groups excluding carboxylic acids is 1. The second kappa shape index (κ2) is 13.2. The molecule has 2 aromatic heterocycles. The summed E-state index contributed by atoms with van der Waals surface area (Å²) in [6.45, 7) is 0.984. The Kier molecular flexibility index (Phi) is 9.38. The van der Waals surface area contributed by atoms with E-state index in [9.17, 15) is 14.7 Å². The minimum atomic E-state index is -0.667. The zero-order chi connectivity index (χ0) is 30.7. The van der Waals surface area contributed by atoms with E-state index in [0.29, 0.717) is 35.3 Å². The molecule has 3 N–H and O–H groups in total. The normalized spacial score (nSPS) is 16.6. The van der Waals surface area contributed by atoms with E-state index < -0.39 is 23.4 Å². The van der Waals surface area contributed by atoms with Gasteiger partial charge in [0.1, 0.15) is 17.1 Å². The predicted molar refractivity (Wildman–Crippen MR) is 161 cm³/mol. The zero-order valence-electron chi connectivity index (χ0n) is 23.2. The molecule has 3 heterocycles. The van der Waals surface area contributed by atoms with Crippen molar-refractivity contribution in [3.05, 3.63) is 92.1 Å². The maximum absolute atomic E-state index is 15.5. The molecule has 13 heteroatoms. The van der Waals surface area contributed by atoms with Gasteiger partial charge in [0.25, 0.3) is 11.5 Å². The summed E-state index contributed by atoms with van der Waals surface area (Å²) in [7, 11) is 2.88. The van der Waals surface area contributed by atoms with Crippen LogP contribution in [0.25, 0.3) is 22.4 Å². The molecule has 224 valence electrons. The molecule has 1 saturated heterocycles. The lowest BCUT2D eigenvalue weighted by atomic mass is 9.99. The first-order valence-electron chi connectivity index (χ1n) is 13.3. The van der Waals surface area contributed by atoms with E-state index in [-0.39, 0.29) is 52.1 Å². The summed E-state index contributed by atoms with van der Waals surface area (Å²) in [4.78, 5) is 29.6. The monoisotopic (exact) mass is 627 g/mol. The van der Waals surface area contributed by atoms with Gasteiger partial charge >= 0.3 is 0 Å². The van der Waals surface area contributed by atoms with Crippen LogP contribution in [-0.2, 0) is 18.3 Å². The van der Waals surface area contributed by atoms with E-state index in [1.807, 2.05) is 0 Å². The van der Waals surface area contributed by atoms with Crippen LogP contribution in [0.3, 0.4) is 0 Å².